The molecule has 31 heavy (non-hydrogen) atoms. The SMILES string of the molecule is CN1C(=O)[C@@H](NC(=O)c2nc3n(n2)[C@@H](c2ccccc2)C[C@@H]3F)COc2ccccc21. The van der Waals surface area contributed by atoms with Crippen LogP contribution in [0.3, 0.4) is 0 Å². The molecule has 2 aromatic carbocycles. The lowest BCUT2D eigenvalue weighted by atomic mass is 10.0. The van der Waals surface area contributed by atoms with E-state index < -0.39 is 18.1 Å². The fourth-order valence-electron chi connectivity index (χ4n) is 4.01. The van der Waals surface area contributed by atoms with Crippen LogP contribution in [0.4, 0.5) is 10.1 Å². The van der Waals surface area contributed by atoms with Gasteiger partial charge in [-0.2, -0.15) is 0 Å². The Hall–Kier alpha value is -3.75. The lowest BCUT2D eigenvalue weighted by molar-refractivity contribution is -0.120. The zero-order chi connectivity index (χ0) is 21.5. The highest BCUT2D eigenvalue weighted by Gasteiger charge is 2.37. The molecule has 0 radical (unpaired) electrons. The zero-order valence-electron chi connectivity index (χ0n) is 16.7. The zero-order valence-corrected chi connectivity index (χ0v) is 16.7. The number of anilines is 1. The number of likely N-dealkylation sites (N-methyl/N-ethyl adjacent to an activating group) is 1. The Morgan fingerprint density at radius 2 is 1.90 bits per heavy atom. The maximum absolute atomic E-state index is 14.6. The van der Waals surface area contributed by atoms with Crippen LogP contribution in [0.25, 0.3) is 0 Å². The van der Waals surface area contributed by atoms with Crippen molar-refractivity contribution in [2.75, 3.05) is 18.6 Å². The van der Waals surface area contributed by atoms with E-state index in [1.165, 1.54) is 9.58 Å². The fourth-order valence-corrected chi connectivity index (χ4v) is 4.01. The molecule has 8 nitrogen and oxygen atoms in total. The smallest absolute Gasteiger partial charge is 0.291 e. The Morgan fingerprint density at radius 3 is 2.71 bits per heavy atom. The normalized spacial score (nSPS) is 22.3. The number of ether oxygens (including phenoxy) is 1. The number of amides is 2. The van der Waals surface area contributed by atoms with Crippen molar-refractivity contribution in [1.29, 1.82) is 0 Å². The van der Waals surface area contributed by atoms with Crippen LogP contribution in [0.15, 0.2) is 54.6 Å². The molecule has 0 bridgehead atoms. The summed E-state index contributed by atoms with van der Waals surface area (Å²) in [5.74, 6) is -0.472. The second-order valence-corrected chi connectivity index (χ2v) is 7.57. The molecule has 0 spiro atoms. The predicted molar refractivity (Wildman–Crippen MR) is 110 cm³/mol. The Morgan fingerprint density at radius 1 is 1.16 bits per heavy atom. The number of para-hydroxylation sites is 2. The van der Waals surface area contributed by atoms with Crippen LogP contribution < -0.4 is 15.0 Å². The molecule has 2 aliphatic rings. The second kappa shape index (κ2) is 7.50. The van der Waals surface area contributed by atoms with E-state index in [0.29, 0.717) is 11.4 Å². The Kier molecular flexibility index (Phi) is 4.65. The highest BCUT2D eigenvalue weighted by molar-refractivity contribution is 6.02. The number of aromatic nitrogens is 3. The van der Waals surface area contributed by atoms with Gasteiger partial charge < -0.3 is 15.0 Å². The summed E-state index contributed by atoms with van der Waals surface area (Å²) in [6.07, 6.45) is -1.10. The molecule has 0 saturated heterocycles. The molecular formula is C22H20FN5O3. The maximum atomic E-state index is 14.6. The highest BCUT2D eigenvalue weighted by Crippen LogP contribution is 2.39. The third-order valence-corrected chi connectivity index (χ3v) is 5.62. The van der Waals surface area contributed by atoms with Crippen LogP contribution in [0.2, 0.25) is 0 Å². The summed E-state index contributed by atoms with van der Waals surface area (Å²) in [4.78, 5) is 31.2. The number of carbonyl (C=O) groups is 2. The molecule has 158 valence electrons. The first-order valence-electron chi connectivity index (χ1n) is 9.98. The third-order valence-electron chi connectivity index (χ3n) is 5.62. The van der Waals surface area contributed by atoms with Gasteiger partial charge in [0.15, 0.2) is 12.0 Å². The molecule has 9 heteroatoms. The van der Waals surface area contributed by atoms with Crippen LogP contribution in [-0.4, -0.2) is 46.3 Å². The molecule has 3 aromatic rings. The van der Waals surface area contributed by atoms with Crippen molar-refractivity contribution in [3.05, 3.63) is 71.8 Å². The Labute approximate surface area is 177 Å². The van der Waals surface area contributed by atoms with Gasteiger partial charge in [-0.3, -0.25) is 9.59 Å². The lowest BCUT2D eigenvalue weighted by Crippen LogP contribution is -2.49. The average molecular weight is 421 g/mol. The molecular weight excluding hydrogens is 401 g/mol. The van der Waals surface area contributed by atoms with Crippen molar-refractivity contribution >= 4 is 17.5 Å². The topological polar surface area (TPSA) is 89.4 Å². The molecule has 5 rings (SSSR count). The van der Waals surface area contributed by atoms with E-state index in [9.17, 15) is 14.0 Å². The van der Waals surface area contributed by atoms with E-state index in [1.807, 2.05) is 36.4 Å². The standard InChI is InChI=1S/C22H20FN5O3/c1-27-16-9-5-6-10-18(16)31-12-15(22(27)30)24-21(29)19-25-20-14(23)11-17(28(20)26-19)13-7-3-2-4-8-13/h2-10,14-15,17H,11-12H2,1H3,(H,24,29)/t14-,15-,17+/m0/s1. The van der Waals surface area contributed by atoms with Crippen molar-refractivity contribution < 1.29 is 18.7 Å². The Balaban J connectivity index is 1.36. The highest BCUT2D eigenvalue weighted by atomic mass is 19.1. The third kappa shape index (κ3) is 3.31. The van der Waals surface area contributed by atoms with Gasteiger partial charge in [-0.05, 0) is 17.7 Å². The van der Waals surface area contributed by atoms with Gasteiger partial charge >= 0.3 is 0 Å². The van der Waals surface area contributed by atoms with Crippen LogP contribution in [-0.2, 0) is 4.79 Å². The molecule has 3 heterocycles. The fraction of sp³-hybridized carbons (Fsp3) is 0.273. The minimum absolute atomic E-state index is 0.0299. The van der Waals surface area contributed by atoms with Gasteiger partial charge in [0, 0.05) is 13.5 Å². The number of hydrogen-bond donors (Lipinski definition) is 1. The van der Waals surface area contributed by atoms with Crippen LogP contribution in [0.5, 0.6) is 5.75 Å². The van der Waals surface area contributed by atoms with Crippen molar-refractivity contribution in [3.8, 4) is 5.75 Å². The summed E-state index contributed by atoms with van der Waals surface area (Å²) in [6, 6.07) is 15.3. The molecule has 0 aliphatic carbocycles. The second-order valence-electron chi connectivity index (χ2n) is 7.57. The number of benzene rings is 2. The van der Waals surface area contributed by atoms with Crippen molar-refractivity contribution in [2.45, 2.75) is 24.7 Å². The molecule has 3 atom stereocenters. The largest absolute Gasteiger partial charge is 0.489 e. The number of alkyl halides is 1. The van der Waals surface area contributed by atoms with Crippen molar-refractivity contribution in [3.63, 3.8) is 0 Å². The number of rotatable bonds is 3. The minimum atomic E-state index is -1.32. The maximum Gasteiger partial charge on any atom is 0.291 e. The first kappa shape index (κ1) is 19.2. The van der Waals surface area contributed by atoms with E-state index in [0.717, 1.165) is 5.56 Å². The molecule has 2 amide bonds. The van der Waals surface area contributed by atoms with E-state index >= 15 is 0 Å². The van der Waals surface area contributed by atoms with E-state index in [1.54, 1.807) is 25.2 Å². The van der Waals surface area contributed by atoms with Gasteiger partial charge in [-0.15, -0.1) is 5.10 Å². The number of hydrogen-bond acceptors (Lipinski definition) is 5. The van der Waals surface area contributed by atoms with Gasteiger partial charge in [0.05, 0.1) is 11.7 Å². The summed E-state index contributed by atoms with van der Waals surface area (Å²) in [6.45, 7) is -0.0299. The summed E-state index contributed by atoms with van der Waals surface area (Å²) in [5, 5.41) is 6.89. The predicted octanol–water partition coefficient (Wildman–Crippen LogP) is 2.44. The first-order chi connectivity index (χ1) is 15.0. The number of carbonyl (C=O) groups excluding carboxylic acids is 2. The first-order valence-corrected chi connectivity index (χ1v) is 9.98. The van der Waals surface area contributed by atoms with E-state index in [2.05, 4.69) is 15.4 Å². The lowest BCUT2D eigenvalue weighted by Gasteiger charge is -2.19. The number of nitrogens with one attached hydrogen (secondary N) is 1. The molecule has 0 unspecified atom stereocenters. The molecule has 0 saturated carbocycles. The van der Waals surface area contributed by atoms with Crippen LogP contribution in [0.1, 0.15) is 40.6 Å². The van der Waals surface area contributed by atoms with Gasteiger partial charge in [-0.1, -0.05) is 42.5 Å². The summed E-state index contributed by atoms with van der Waals surface area (Å²) >= 11 is 0. The van der Waals surface area contributed by atoms with E-state index in [4.69, 9.17) is 4.74 Å². The average Bonchev–Trinajstić information content (AvgIpc) is 3.34. The van der Waals surface area contributed by atoms with E-state index in [-0.39, 0.29) is 36.6 Å². The van der Waals surface area contributed by atoms with Gasteiger partial charge in [0.1, 0.15) is 18.4 Å². The molecule has 1 N–H and O–H groups in total. The quantitative estimate of drug-likeness (QED) is 0.702. The van der Waals surface area contributed by atoms with Gasteiger partial charge in [-0.25, -0.2) is 14.1 Å². The van der Waals surface area contributed by atoms with Gasteiger partial charge in [0.25, 0.3) is 11.8 Å². The molecule has 1 aromatic heterocycles. The summed E-state index contributed by atoms with van der Waals surface area (Å²) < 4.78 is 21.7. The number of nitrogens with zero attached hydrogens (tertiary/aromatic N) is 4. The molecule has 2 aliphatic heterocycles. The minimum Gasteiger partial charge on any atom is -0.489 e. The summed E-state index contributed by atoms with van der Waals surface area (Å²) in [5.41, 5.74) is 1.52. The van der Waals surface area contributed by atoms with Crippen LogP contribution in [0, 0.1) is 0 Å². The summed E-state index contributed by atoms with van der Waals surface area (Å²) in [7, 11) is 1.62. The van der Waals surface area contributed by atoms with Crippen molar-refractivity contribution in [1.82, 2.24) is 20.1 Å². The monoisotopic (exact) mass is 421 g/mol. The Bertz CT molecular complexity index is 1150. The van der Waals surface area contributed by atoms with Crippen LogP contribution >= 0.6 is 0 Å². The van der Waals surface area contributed by atoms with Gasteiger partial charge in [0.2, 0.25) is 5.82 Å². The number of halogens is 1. The number of fused-ring (bicyclic) bond motifs is 2. The van der Waals surface area contributed by atoms with Crippen molar-refractivity contribution in [2.24, 2.45) is 0 Å². The molecule has 0 fully saturated rings.